The second-order valence-corrected chi connectivity index (χ2v) is 8.72. The summed E-state index contributed by atoms with van der Waals surface area (Å²) in [6.07, 6.45) is 0.730. The van der Waals surface area contributed by atoms with E-state index in [0.29, 0.717) is 48.9 Å². The second kappa shape index (κ2) is 8.22. The van der Waals surface area contributed by atoms with Crippen LogP contribution in [0.5, 0.6) is 0 Å². The number of carbonyl (C=O) groups is 1. The summed E-state index contributed by atoms with van der Waals surface area (Å²) in [5.74, 6) is -0.330. The average molecular weight is 458 g/mol. The van der Waals surface area contributed by atoms with Crippen molar-refractivity contribution < 1.29 is 13.9 Å². The normalized spacial score (nSPS) is 17.1. The molecule has 6 rings (SSSR count). The van der Waals surface area contributed by atoms with Gasteiger partial charge in [0, 0.05) is 48.6 Å². The van der Waals surface area contributed by atoms with E-state index in [1.165, 1.54) is 0 Å². The number of benzene rings is 2. The predicted octanol–water partition coefficient (Wildman–Crippen LogP) is 3.51. The standard InChI is InChI=1S/C26H24FN5O2/c1-15-14-29-25-23(21-12-17-6-7-28-26(33)20(17)13-19(15)21)30-22(24(27)31-25)16-2-4-18(5-3-16)32-8-10-34-11-9-32/h2-5,12-13H,1,6-11,14H2,(H,28,33)(H,29,31). The van der Waals surface area contributed by atoms with Gasteiger partial charge in [0.2, 0.25) is 5.95 Å². The molecule has 0 atom stereocenters. The van der Waals surface area contributed by atoms with Gasteiger partial charge in [-0.05, 0) is 47.4 Å². The fourth-order valence-corrected chi connectivity index (χ4v) is 4.80. The number of morpholine rings is 1. The topological polar surface area (TPSA) is 79.4 Å². The lowest BCUT2D eigenvalue weighted by atomic mass is 9.90. The molecule has 0 saturated carbocycles. The third-order valence-corrected chi connectivity index (χ3v) is 6.64. The van der Waals surface area contributed by atoms with Crippen LogP contribution in [0.2, 0.25) is 0 Å². The van der Waals surface area contributed by atoms with Gasteiger partial charge in [0.05, 0.1) is 13.2 Å². The number of hydrogen-bond donors (Lipinski definition) is 2. The van der Waals surface area contributed by atoms with Gasteiger partial charge in [-0.1, -0.05) is 18.7 Å². The molecule has 3 aliphatic heterocycles. The van der Waals surface area contributed by atoms with Gasteiger partial charge in [0.25, 0.3) is 5.91 Å². The lowest BCUT2D eigenvalue weighted by Crippen LogP contribution is -2.36. The monoisotopic (exact) mass is 457 g/mol. The van der Waals surface area contributed by atoms with Crippen LogP contribution < -0.4 is 15.5 Å². The number of fused-ring (bicyclic) bond motifs is 4. The summed E-state index contributed by atoms with van der Waals surface area (Å²) < 4.78 is 20.6. The molecule has 1 amide bonds. The number of halogens is 1. The van der Waals surface area contributed by atoms with E-state index in [9.17, 15) is 4.79 Å². The molecular weight excluding hydrogens is 433 g/mol. The van der Waals surface area contributed by atoms with Crippen molar-refractivity contribution in [2.24, 2.45) is 0 Å². The van der Waals surface area contributed by atoms with E-state index in [0.717, 1.165) is 47.5 Å². The van der Waals surface area contributed by atoms with Crippen molar-refractivity contribution in [2.45, 2.75) is 6.42 Å². The van der Waals surface area contributed by atoms with E-state index in [4.69, 9.17) is 9.72 Å². The van der Waals surface area contributed by atoms with E-state index in [1.807, 2.05) is 36.4 Å². The number of aromatic nitrogens is 2. The Bertz CT molecular complexity index is 1320. The van der Waals surface area contributed by atoms with Crippen molar-refractivity contribution >= 4 is 23.0 Å². The number of hydrogen-bond acceptors (Lipinski definition) is 6. The molecule has 172 valence electrons. The molecule has 1 aromatic heterocycles. The molecule has 1 saturated heterocycles. The molecular formula is C26H24FN5O2. The third kappa shape index (κ3) is 3.51. The SMILES string of the molecule is C=C1CNc2nc(F)c(-c3ccc(N4CCOCC4)cc3)nc2-c2cc3c(cc21)C(=O)NCC3. The number of carbonyl (C=O) groups excluding carboxylic acids is 1. The van der Waals surface area contributed by atoms with Gasteiger partial charge in [-0.25, -0.2) is 4.98 Å². The van der Waals surface area contributed by atoms with E-state index in [2.05, 4.69) is 27.1 Å². The number of amides is 1. The molecule has 0 bridgehead atoms. The average Bonchev–Trinajstić information content (AvgIpc) is 2.99. The molecule has 0 aliphatic carbocycles. The lowest BCUT2D eigenvalue weighted by molar-refractivity contribution is 0.0946. The maximum atomic E-state index is 15.1. The maximum Gasteiger partial charge on any atom is 0.251 e. The van der Waals surface area contributed by atoms with Crippen molar-refractivity contribution in [3.8, 4) is 22.5 Å². The summed E-state index contributed by atoms with van der Waals surface area (Å²) in [6, 6.07) is 11.6. The zero-order valence-electron chi connectivity index (χ0n) is 18.7. The fraction of sp³-hybridized carbons (Fsp3) is 0.269. The van der Waals surface area contributed by atoms with Gasteiger partial charge in [-0.15, -0.1) is 0 Å². The summed E-state index contributed by atoms with van der Waals surface area (Å²) in [4.78, 5) is 23.6. The Hall–Kier alpha value is -3.78. The molecule has 2 aromatic carbocycles. The van der Waals surface area contributed by atoms with Gasteiger partial charge >= 0.3 is 0 Å². The largest absolute Gasteiger partial charge is 0.378 e. The highest BCUT2D eigenvalue weighted by Crippen LogP contribution is 2.39. The molecule has 0 unspecified atom stereocenters. The van der Waals surface area contributed by atoms with Crippen LogP contribution in [0, 0.1) is 5.95 Å². The Morgan fingerprint density at radius 2 is 1.76 bits per heavy atom. The zero-order chi connectivity index (χ0) is 23.2. The number of nitrogens with zero attached hydrogens (tertiary/aromatic N) is 3. The number of ether oxygens (including phenoxy) is 1. The molecule has 4 heterocycles. The molecule has 8 heteroatoms. The zero-order valence-corrected chi connectivity index (χ0v) is 18.7. The van der Waals surface area contributed by atoms with Gasteiger partial charge in [-0.2, -0.15) is 9.37 Å². The molecule has 0 radical (unpaired) electrons. The molecule has 1 fully saturated rings. The van der Waals surface area contributed by atoms with Crippen LogP contribution in [0.1, 0.15) is 21.5 Å². The van der Waals surface area contributed by atoms with E-state index in [1.54, 1.807) is 0 Å². The Labute approximate surface area is 196 Å². The van der Waals surface area contributed by atoms with E-state index in [-0.39, 0.29) is 11.6 Å². The van der Waals surface area contributed by atoms with Crippen LogP contribution in [0.4, 0.5) is 15.9 Å². The van der Waals surface area contributed by atoms with Crippen molar-refractivity contribution in [1.29, 1.82) is 0 Å². The summed E-state index contributed by atoms with van der Waals surface area (Å²) in [5.41, 5.74) is 6.55. The first-order valence-corrected chi connectivity index (χ1v) is 11.5. The van der Waals surface area contributed by atoms with Gasteiger partial charge in [-0.3, -0.25) is 4.79 Å². The van der Waals surface area contributed by atoms with Gasteiger partial charge in [0.15, 0.2) is 5.82 Å². The first-order valence-electron chi connectivity index (χ1n) is 11.5. The molecule has 34 heavy (non-hydrogen) atoms. The summed E-state index contributed by atoms with van der Waals surface area (Å²) in [5, 5.41) is 6.05. The molecule has 7 nitrogen and oxygen atoms in total. The van der Waals surface area contributed by atoms with Crippen LogP contribution in [0.3, 0.4) is 0 Å². The number of rotatable bonds is 2. The fourth-order valence-electron chi connectivity index (χ4n) is 4.80. The summed E-state index contributed by atoms with van der Waals surface area (Å²) in [7, 11) is 0. The minimum absolute atomic E-state index is 0.0829. The van der Waals surface area contributed by atoms with Crippen LogP contribution in [-0.4, -0.2) is 55.3 Å². The van der Waals surface area contributed by atoms with Crippen LogP contribution in [-0.2, 0) is 11.2 Å². The van der Waals surface area contributed by atoms with Gasteiger partial charge < -0.3 is 20.3 Å². The first-order chi connectivity index (χ1) is 16.6. The molecule has 3 aliphatic rings. The highest BCUT2D eigenvalue weighted by Gasteiger charge is 2.26. The lowest BCUT2D eigenvalue weighted by Gasteiger charge is -2.28. The molecule has 0 spiro atoms. The van der Waals surface area contributed by atoms with Gasteiger partial charge in [0.1, 0.15) is 11.4 Å². The maximum absolute atomic E-state index is 15.1. The highest BCUT2D eigenvalue weighted by molar-refractivity contribution is 6.00. The molecule has 2 N–H and O–H groups in total. The third-order valence-electron chi connectivity index (χ3n) is 6.64. The number of nitrogens with one attached hydrogen (secondary N) is 2. The molecule has 3 aromatic rings. The van der Waals surface area contributed by atoms with Crippen molar-refractivity contribution in [3.05, 3.63) is 65.6 Å². The van der Waals surface area contributed by atoms with Crippen molar-refractivity contribution in [1.82, 2.24) is 15.3 Å². The first kappa shape index (κ1) is 20.8. The summed E-state index contributed by atoms with van der Waals surface area (Å²) >= 11 is 0. The predicted molar refractivity (Wildman–Crippen MR) is 129 cm³/mol. The van der Waals surface area contributed by atoms with Crippen LogP contribution in [0.25, 0.3) is 28.1 Å². The second-order valence-electron chi connectivity index (χ2n) is 8.72. The Balaban J connectivity index is 1.44. The Kier molecular flexibility index (Phi) is 5.03. The highest BCUT2D eigenvalue weighted by atomic mass is 19.1. The van der Waals surface area contributed by atoms with Crippen LogP contribution in [0.15, 0.2) is 43.0 Å². The minimum Gasteiger partial charge on any atom is -0.378 e. The smallest absolute Gasteiger partial charge is 0.251 e. The van der Waals surface area contributed by atoms with Crippen LogP contribution >= 0.6 is 0 Å². The van der Waals surface area contributed by atoms with Crippen molar-refractivity contribution in [2.75, 3.05) is 49.6 Å². The van der Waals surface area contributed by atoms with E-state index >= 15 is 4.39 Å². The van der Waals surface area contributed by atoms with E-state index < -0.39 is 5.95 Å². The minimum atomic E-state index is -0.628. The number of anilines is 2. The quantitative estimate of drug-likeness (QED) is 0.613. The Morgan fingerprint density at radius 3 is 2.56 bits per heavy atom. The van der Waals surface area contributed by atoms with Crippen molar-refractivity contribution in [3.63, 3.8) is 0 Å². The summed E-state index contributed by atoms with van der Waals surface area (Å²) in [6.45, 7) is 8.23. The Morgan fingerprint density at radius 1 is 0.971 bits per heavy atom.